The molecule has 0 bridgehead atoms. The first-order chi connectivity index (χ1) is 9.13. The van der Waals surface area contributed by atoms with Crippen molar-refractivity contribution in [3.8, 4) is 0 Å². The van der Waals surface area contributed by atoms with E-state index in [0.717, 1.165) is 25.2 Å². The molecule has 5 nitrogen and oxygen atoms in total. The van der Waals surface area contributed by atoms with E-state index in [2.05, 4.69) is 9.88 Å². The van der Waals surface area contributed by atoms with Gasteiger partial charge in [0.2, 0.25) is 0 Å². The Morgan fingerprint density at radius 3 is 3.05 bits per heavy atom. The summed E-state index contributed by atoms with van der Waals surface area (Å²) in [5, 5.41) is 0. The van der Waals surface area contributed by atoms with Crippen LogP contribution in [0.3, 0.4) is 0 Å². The Morgan fingerprint density at radius 2 is 2.37 bits per heavy atom. The molecule has 1 aliphatic rings. The van der Waals surface area contributed by atoms with Gasteiger partial charge in [-0.05, 0) is 38.3 Å². The maximum Gasteiger partial charge on any atom is 0.338 e. The standard InChI is InChI=1S/C14H21N3O2/c1-10(15)12-5-3-4-8-17(12)13-9-11(6-7-16-13)14(18)19-2/h6-7,9-10,12H,3-5,8,15H2,1-2H3. The molecule has 2 rings (SSSR count). The van der Waals surface area contributed by atoms with E-state index in [-0.39, 0.29) is 18.1 Å². The topological polar surface area (TPSA) is 68.5 Å². The maximum absolute atomic E-state index is 11.6. The summed E-state index contributed by atoms with van der Waals surface area (Å²) < 4.78 is 4.74. The average Bonchev–Trinajstić information content (AvgIpc) is 2.46. The summed E-state index contributed by atoms with van der Waals surface area (Å²) in [7, 11) is 1.38. The van der Waals surface area contributed by atoms with E-state index in [0.29, 0.717) is 5.56 Å². The van der Waals surface area contributed by atoms with Gasteiger partial charge in [-0.1, -0.05) is 0 Å². The molecule has 104 valence electrons. The summed E-state index contributed by atoms with van der Waals surface area (Å²) in [6.07, 6.45) is 5.04. The minimum Gasteiger partial charge on any atom is -0.465 e. The van der Waals surface area contributed by atoms with Crippen LogP contribution in [0.2, 0.25) is 0 Å². The lowest BCUT2D eigenvalue weighted by Crippen LogP contribution is -2.49. The van der Waals surface area contributed by atoms with E-state index in [1.54, 1.807) is 18.3 Å². The number of carbonyl (C=O) groups excluding carboxylic acids is 1. The highest BCUT2D eigenvalue weighted by Crippen LogP contribution is 2.25. The molecular weight excluding hydrogens is 242 g/mol. The van der Waals surface area contributed by atoms with Crippen molar-refractivity contribution in [1.29, 1.82) is 0 Å². The van der Waals surface area contributed by atoms with Crippen molar-refractivity contribution in [2.75, 3.05) is 18.6 Å². The Hall–Kier alpha value is -1.62. The molecule has 0 aliphatic carbocycles. The number of piperidine rings is 1. The van der Waals surface area contributed by atoms with Crippen molar-refractivity contribution < 1.29 is 9.53 Å². The van der Waals surface area contributed by atoms with Gasteiger partial charge in [-0.2, -0.15) is 0 Å². The number of nitrogens with two attached hydrogens (primary N) is 1. The van der Waals surface area contributed by atoms with Crippen LogP contribution >= 0.6 is 0 Å². The Labute approximate surface area is 113 Å². The van der Waals surface area contributed by atoms with Gasteiger partial charge in [-0.15, -0.1) is 0 Å². The van der Waals surface area contributed by atoms with Crippen LogP contribution in [0.25, 0.3) is 0 Å². The van der Waals surface area contributed by atoms with E-state index >= 15 is 0 Å². The van der Waals surface area contributed by atoms with Crippen molar-refractivity contribution in [2.45, 2.75) is 38.3 Å². The third kappa shape index (κ3) is 3.04. The second-order valence-corrected chi connectivity index (χ2v) is 5.01. The lowest BCUT2D eigenvalue weighted by atomic mass is 9.97. The second kappa shape index (κ2) is 6.02. The normalized spacial score (nSPS) is 21.0. The quantitative estimate of drug-likeness (QED) is 0.838. The van der Waals surface area contributed by atoms with Gasteiger partial charge in [0.25, 0.3) is 0 Å². The Morgan fingerprint density at radius 1 is 1.58 bits per heavy atom. The lowest BCUT2D eigenvalue weighted by molar-refractivity contribution is 0.0600. The zero-order valence-corrected chi connectivity index (χ0v) is 11.5. The molecule has 2 heterocycles. The molecule has 1 fully saturated rings. The third-order valence-corrected chi connectivity index (χ3v) is 3.62. The van der Waals surface area contributed by atoms with E-state index in [1.165, 1.54) is 13.5 Å². The van der Waals surface area contributed by atoms with Crippen molar-refractivity contribution in [3.63, 3.8) is 0 Å². The molecule has 0 aromatic carbocycles. The van der Waals surface area contributed by atoms with Crippen LogP contribution in [0, 0.1) is 0 Å². The van der Waals surface area contributed by atoms with E-state index in [4.69, 9.17) is 10.5 Å². The van der Waals surface area contributed by atoms with Gasteiger partial charge in [-0.25, -0.2) is 9.78 Å². The fraction of sp³-hybridized carbons (Fsp3) is 0.571. The maximum atomic E-state index is 11.6. The monoisotopic (exact) mass is 263 g/mol. The van der Waals surface area contributed by atoms with Crippen LogP contribution in [0.15, 0.2) is 18.3 Å². The first kappa shape index (κ1) is 13.8. The van der Waals surface area contributed by atoms with Crippen molar-refractivity contribution in [3.05, 3.63) is 23.9 Å². The second-order valence-electron chi connectivity index (χ2n) is 5.01. The van der Waals surface area contributed by atoms with Crippen molar-refractivity contribution >= 4 is 11.8 Å². The minimum atomic E-state index is -0.335. The molecule has 1 aromatic rings. The van der Waals surface area contributed by atoms with Crippen LogP contribution in [-0.2, 0) is 4.74 Å². The number of hydrogen-bond acceptors (Lipinski definition) is 5. The highest BCUT2D eigenvalue weighted by atomic mass is 16.5. The molecule has 2 atom stereocenters. The van der Waals surface area contributed by atoms with Crippen molar-refractivity contribution in [2.24, 2.45) is 5.73 Å². The molecule has 19 heavy (non-hydrogen) atoms. The number of aromatic nitrogens is 1. The third-order valence-electron chi connectivity index (χ3n) is 3.62. The van der Waals surface area contributed by atoms with Gasteiger partial charge < -0.3 is 15.4 Å². The molecule has 2 unspecified atom stereocenters. The number of carbonyl (C=O) groups is 1. The molecule has 2 N–H and O–H groups in total. The van der Waals surface area contributed by atoms with Crippen LogP contribution in [0.4, 0.5) is 5.82 Å². The molecule has 1 aromatic heterocycles. The molecular formula is C14H21N3O2. The SMILES string of the molecule is COC(=O)c1ccnc(N2CCCCC2C(C)N)c1. The molecule has 0 saturated carbocycles. The van der Waals surface area contributed by atoms with Gasteiger partial charge in [0.1, 0.15) is 5.82 Å². The largest absolute Gasteiger partial charge is 0.465 e. The summed E-state index contributed by atoms with van der Waals surface area (Å²) in [5.74, 6) is 0.475. The van der Waals surface area contributed by atoms with Crippen molar-refractivity contribution in [1.82, 2.24) is 4.98 Å². The summed E-state index contributed by atoms with van der Waals surface area (Å²) in [6.45, 7) is 2.96. The lowest BCUT2D eigenvalue weighted by Gasteiger charge is -2.39. The highest BCUT2D eigenvalue weighted by molar-refractivity contribution is 5.90. The predicted octanol–water partition coefficient (Wildman–Crippen LogP) is 1.57. The first-order valence-electron chi connectivity index (χ1n) is 6.70. The van der Waals surface area contributed by atoms with Gasteiger partial charge in [0, 0.05) is 24.8 Å². The van der Waals surface area contributed by atoms with Gasteiger partial charge in [0.15, 0.2) is 0 Å². The van der Waals surface area contributed by atoms with E-state index in [9.17, 15) is 4.79 Å². The van der Waals surface area contributed by atoms with E-state index in [1.807, 2.05) is 6.92 Å². The molecule has 0 amide bonds. The highest BCUT2D eigenvalue weighted by Gasteiger charge is 2.26. The summed E-state index contributed by atoms with van der Waals surface area (Å²) in [6, 6.07) is 3.82. The number of rotatable bonds is 3. The van der Waals surface area contributed by atoms with Gasteiger partial charge >= 0.3 is 5.97 Å². The number of hydrogen-bond donors (Lipinski definition) is 1. The number of esters is 1. The fourth-order valence-corrected chi connectivity index (χ4v) is 2.61. The van der Waals surface area contributed by atoms with Gasteiger partial charge in [-0.3, -0.25) is 0 Å². The molecule has 0 radical (unpaired) electrons. The summed E-state index contributed by atoms with van der Waals surface area (Å²) >= 11 is 0. The fourth-order valence-electron chi connectivity index (χ4n) is 2.61. The Bertz CT molecular complexity index is 448. The van der Waals surface area contributed by atoms with Crippen LogP contribution < -0.4 is 10.6 Å². The Balaban J connectivity index is 2.26. The average molecular weight is 263 g/mol. The number of pyridine rings is 1. The predicted molar refractivity (Wildman–Crippen MR) is 74.2 cm³/mol. The number of ether oxygens (including phenoxy) is 1. The smallest absolute Gasteiger partial charge is 0.338 e. The molecule has 0 spiro atoms. The molecule has 1 aliphatic heterocycles. The molecule has 1 saturated heterocycles. The van der Waals surface area contributed by atoms with Crippen LogP contribution in [0.5, 0.6) is 0 Å². The summed E-state index contributed by atoms with van der Waals surface area (Å²) in [4.78, 5) is 18.2. The number of anilines is 1. The zero-order chi connectivity index (χ0) is 13.8. The number of nitrogens with zero attached hydrogens (tertiary/aromatic N) is 2. The Kier molecular flexibility index (Phi) is 4.37. The summed E-state index contributed by atoms with van der Waals surface area (Å²) in [5.41, 5.74) is 6.59. The van der Waals surface area contributed by atoms with Crippen LogP contribution in [-0.4, -0.2) is 36.7 Å². The van der Waals surface area contributed by atoms with Crippen LogP contribution in [0.1, 0.15) is 36.5 Å². The zero-order valence-electron chi connectivity index (χ0n) is 11.5. The van der Waals surface area contributed by atoms with E-state index < -0.39 is 0 Å². The van der Waals surface area contributed by atoms with Gasteiger partial charge in [0.05, 0.1) is 12.7 Å². The number of methoxy groups -OCH3 is 1. The minimum absolute atomic E-state index is 0.0869. The first-order valence-corrected chi connectivity index (χ1v) is 6.70. The molecule has 5 heteroatoms.